The van der Waals surface area contributed by atoms with Crippen molar-refractivity contribution in [1.82, 2.24) is 0 Å². The first kappa shape index (κ1) is 23.3. The fraction of sp³-hybridized carbons (Fsp3) is 0.826. The Morgan fingerprint density at radius 3 is 1.84 bits per heavy atom. The summed E-state index contributed by atoms with van der Waals surface area (Å²) >= 11 is -2.38. The minimum atomic E-state index is -2.38. The van der Waals surface area contributed by atoms with E-state index in [-0.39, 0.29) is 6.61 Å². The predicted molar refractivity (Wildman–Crippen MR) is 116 cm³/mol. The van der Waals surface area contributed by atoms with Crippen LogP contribution in [-0.4, -0.2) is 30.1 Å². The number of unbranched alkanes of at least 4 members (excludes halogenated alkanes) is 3. The molecule has 0 radical (unpaired) electrons. The van der Waals surface area contributed by atoms with E-state index in [1.54, 1.807) is 3.59 Å². The molecule has 0 aromatic heterocycles. The average molecular weight is 455 g/mol. The van der Waals surface area contributed by atoms with E-state index in [9.17, 15) is 5.11 Å². The fourth-order valence-corrected chi connectivity index (χ4v) is 20.7. The summed E-state index contributed by atoms with van der Waals surface area (Å²) in [6.45, 7) is 7.24. The molecule has 0 amide bonds. The Labute approximate surface area is 162 Å². The first-order valence-electron chi connectivity index (χ1n) is 11.2. The maximum absolute atomic E-state index is 9.74. The van der Waals surface area contributed by atoms with Gasteiger partial charge in [0.25, 0.3) is 0 Å². The molecule has 0 heterocycles. The van der Waals surface area contributed by atoms with Crippen LogP contribution in [0, 0.1) is 5.92 Å². The normalized spacial score (nSPS) is 17.5. The summed E-state index contributed by atoms with van der Waals surface area (Å²) in [6.07, 6.45) is 22.4. The molecule has 1 saturated carbocycles. The van der Waals surface area contributed by atoms with Crippen molar-refractivity contribution in [3.63, 3.8) is 0 Å². The molecular weight excluding hydrogens is 411 g/mol. The monoisotopic (exact) mass is 456 g/mol. The van der Waals surface area contributed by atoms with E-state index >= 15 is 0 Å². The number of aliphatic hydroxyl groups is 1. The van der Waals surface area contributed by atoms with Gasteiger partial charge in [0.15, 0.2) is 0 Å². The fourth-order valence-electron chi connectivity index (χ4n) is 4.48. The van der Waals surface area contributed by atoms with E-state index in [4.69, 9.17) is 0 Å². The van der Waals surface area contributed by atoms with Crippen LogP contribution in [0.4, 0.5) is 0 Å². The Morgan fingerprint density at radius 2 is 1.40 bits per heavy atom. The topological polar surface area (TPSA) is 20.2 Å². The Hall–Kier alpha value is 0.239. The molecule has 1 fully saturated rings. The van der Waals surface area contributed by atoms with Crippen LogP contribution in [-0.2, 0) is 0 Å². The van der Waals surface area contributed by atoms with Crippen LogP contribution in [0.15, 0.2) is 21.8 Å². The van der Waals surface area contributed by atoms with Crippen LogP contribution >= 0.6 is 0 Å². The number of allylic oxidation sites excluding steroid dienone is 3. The summed E-state index contributed by atoms with van der Waals surface area (Å²) < 4.78 is 6.13. The van der Waals surface area contributed by atoms with Gasteiger partial charge in [-0.05, 0) is 0 Å². The Balaban J connectivity index is 3.02. The number of aliphatic hydroxyl groups excluding tert-OH is 1. The molecule has 1 nitrogen and oxygen atoms in total. The van der Waals surface area contributed by atoms with E-state index in [1.807, 2.05) is 0 Å². The Bertz CT molecular complexity index is 358. The second-order valence-electron chi connectivity index (χ2n) is 8.19. The van der Waals surface area contributed by atoms with Crippen LogP contribution in [0.1, 0.15) is 91.4 Å². The molecule has 0 spiro atoms. The number of hydrogen-bond donors (Lipinski definition) is 1. The van der Waals surface area contributed by atoms with Crippen molar-refractivity contribution in [3.8, 4) is 0 Å². The van der Waals surface area contributed by atoms with Gasteiger partial charge in [-0.15, -0.1) is 0 Å². The first-order valence-corrected chi connectivity index (χ1v) is 18.7. The molecule has 0 unspecified atom stereocenters. The average Bonchev–Trinajstić information content (AvgIpc) is 2.66. The molecule has 0 aromatic rings. The van der Waals surface area contributed by atoms with E-state index in [0.717, 1.165) is 5.92 Å². The zero-order valence-corrected chi connectivity index (χ0v) is 20.2. The molecule has 0 aliphatic heterocycles. The van der Waals surface area contributed by atoms with E-state index < -0.39 is 18.4 Å². The van der Waals surface area contributed by atoms with Gasteiger partial charge in [-0.3, -0.25) is 0 Å². The maximum atomic E-state index is 9.74. The second-order valence-corrected chi connectivity index (χ2v) is 21.4. The van der Waals surface area contributed by atoms with Gasteiger partial charge in [0.2, 0.25) is 0 Å². The second kappa shape index (κ2) is 14.3. The van der Waals surface area contributed by atoms with Gasteiger partial charge < -0.3 is 0 Å². The van der Waals surface area contributed by atoms with Gasteiger partial charge in [0.05, 0.1) is 0 Å². The molecule has 0 bridgehead atoms. The van der Waals surface area contributed by atoms with Gasteiger partial charge in [-0.1, -0.05) is 0 Å². The standard InChI is InChI=1S/C11H17O.3C4H9.Sn/c12-10-6-2-5-9-11-7-3-1-4-8-11;3*1-3-4-2;/h5-6,9,11-12H,1,3-4,7-8,10H2;3*1,3-4H2,2H3;/b6-2?,9-5-;;;;. The van der Waals surface area contributed by atoms with Gasteiger partial charge in [0.1, 0.15) is 0 Å². The zero-order chi connectivity index (χ0) is 18.4. The molecule has 0 atom stereocenters. The van der Waals surface area contributed by atoms with Crippen molar-refractivity contribution in [2.75, 3.05) is 6.61 Å². The molecule has 1 rings (SSSR count). The summed E-state index contributed by atoms with van der Waals surface area (Å²) in [7, 11) is 0. The third kappa shape index (κ3) is 8.64. The minimum absolute atomic E-state index is 0.230. The van der Waals surface area contributed by atoms with Crippen LogP contribution in [0.5, 0.6) is 0 Å². The molecule has 0 saturated heterocycles. The predicted octanol–water partition coefficient (Wildman–Crippen LogP) is 7.43. The number of rotatable bonds is 13. The van der Waals surface area contributed by atoms with Crippen molar-refractivity contribution >= 4 is 18.4 Å². The Morgan fingerprint density at radius 1 is 0.880 bits per heavy atom. The molecule has 1 aliphatic carbocycles. The van der Waals surface area contributed by atoms with Crippen molar-refractivity contribution in [1.29, 1.82) is 0 Å². The van der Waals surface area contributed by atoms with Crippen LogP contribution in [0.25, 0.3) is 0 Å². The molecule has 0 aromatic carbocycles. The summed E-state index contributed by atoms with van der Waals surface area (Å²) in [5.41, 5.74) is 0. The van der Waals surface area contributed by atoms with E-state index in [2.05, 4.69) is 39.0 Å². The SMILES string of the molecule is CCC[CH2][Sn]([CH2]CCC)([CH2]CCC)[C](/C=C\C1CCCCC1)=C/CO. The Kier molecular flexibility index (Phi) is 13.3. The van der Waals surface area contributed by atoms with Gasteiger partial charge in [0, 0.05) is 0 Å². The quantitative estimate of drug-likeness (QED) is 0.226. The van der Waals surface area contributed by atoms with Gasteiger partial charge in [-0.2, -0.15) is 0 Å². The molecular formula is C23H44OSn. The van der Waals surface area contributed by atoms with E-state index in [0.29, 0.717) is 0 Å². The van der Waals surface area contributed by atoms with Crippen molar-refractivity contribution in [2.24, 2.45) is 5.92 Å². The summed E-state index contributed by atoms with van der Waals surface area (Å²) in [6, 6.07) is 0. The first-order chi connectivity index (χ1) is 12.2. The van der Waals surface area contributed by atoms with E-state index in [1.165, 1.54) is 83.9 Å². The summed E-state index contributed by atoms with van der Waals surface area (Å²) in [5.74, 6) is 0.795. The third-order valence-electron chi connectivity index (χ3n) is 6.15. The molecule has 1 aliphatic rings. The molecule has 25 heavy (non-hydrogen) atoms. The number of hydrogen-bond acceptors (Lipinski definition) is 1. The van der Waals surface area contributed by atoms with Crippen LogP contribution < -0.4 is 0 Å². The van der Waals surface area contributed by atoms with Crippen LogP contribution in [0.2, 0.25) is 13.3 Å². The third-order valence-corrected chi connectivity index (χ3v) is 21.9. The summed E-state index contributed by atoms with van der Waals surface area (Å²) in [4.78, 5) is 0. The van der Waals surface area contributed by atoms with Crippen molar-refractivity contribution < 1.29 is 5.11 Å². The summed E-state index contributed by atoms with van der Waals surface area (Å²) in [5, 5.41) is 9.74. The zero-order valence-electron chi connectivity index (χ0n) is 17.4. The van der Waals surface area contributed by atoms with Gasteiger partial charge in [-0.25, -0.2) is 0 Å². The van der Waals surface area contributed by atoms with Crippen molar-refractivity contribution in [3.05, 3.63) is 21.8 Å². The molecule has 1 N–H and O–H groups in total. The van der Waals surface area contributed by atoms with Crippen LogP contribution in [0.3, 0.4) is 0 Å². The molecule has 146 valence electrons. The molecule has 2 heteroatoms. The van der Waals surface area contributed by atoms with Gasteiger partial charge >= 0.3 is 163 Å². The van der Waals surface area contributed by atoms with Crippen molar-refractivity contribution in [2.45, 2.75) is 105 Å².